The van der Waals surface area contributed by atoms with Crippen molar-refractivity contribution >= 4 is 46.7 Å². The monoisotopic (exact) mass is 674 g/mol. The molecule has 0 atom stereocenters. The molecule has 2 aliphatic rings. The second kappa shape index (κ2) is 15.1. The van der Waals surface area contributed by atoms with Gasteiger partial charge in [0.1, 0.15) is 11.5 Å². The van der Waals surface area contributed by atoms with Crippen LogP contribution >= 0.6 is 0 Å². The second-order valence-corrected chi connectivity index (χ2v) is 10.2. The van der Waals surface area contributed by atoms with Crippen molar-refractivity contribution in [3.05, 3.63) is 83.0 Å². The second-order valence-electron chi connectivity index (χ2n) is 10.2. The van der Waals surface area contributed by atoms with E-state index in [-0.39, 0.29) is 46.0 Å². The molecule has 0 spiro atoms. The number of nitrogens with one attached hydrogen (secondary N) is 4. The number of carboxylic acids is 2. The Morgan fingerprint density at radius 3 is 2.02 bits per heavy atom. The van der Waals surface area contributed by atoms with Gasteiger partial charge in [-0.15, -0.1) is 20.8 Å². The van der Waals surface area contributed by atoms with Crippen LogP contribution in [0.1, 0.15) is 50.5 Å². The largest absolute Gasteiger partial charge is 0.494 e. The summed E-state index contributed by atoms with van der Waals surface area (Å²) in [6.07, 6.45) is 4.94. The molecule has 0 radical (unpaired) electrons. The first-order valence-electron chi connectivity index (χ1n) is 14.5. The molecular weight excluding hydrogens is 644 g/mol. The van der Waals surface area contributed by atoms with Gasteiger partial charge in [-0.3, -0.25) is 9.59 Å². The van der Waals surface area contributed by atoms with Crippen LogP contribution in [0.15, 0.2) is 76.0 Å². The Kier molecular flexibility index (Phi) is 10.3. The molecule has 2 aliphatic heterocycles. The maximum absolute atomic E-state index is 12.8. The van der Waals surface area contributed by atoms with E-state index in [0.717, 1.165) is 4.79 Å². The molecule has 0 aliphatic carbocycles. The third-order valence-electron chi connectivity index (χ3n) is 6.84. The van der Waals surface area contributed by atoms with Gasteiger partial charge in [-0.05, 0) is 67.8 Å². The number of rotatable bonds is 14. The number of unbranched alkanes of at least 4 members (excludes halogenated alkanes) is 2. The fourth-order valence-corrected chi connectivity index (χ4v) is 4.43. The van der Waals surface area contributed by atoms with E-state index in [4.69, 9.17) is 21.2 Å². The van der Waals surface area contributed by atoms with Crippen molar-refractivity contribution < 1.29 is 38.9 Å². The molecule has 0 bridgehead atoms. The van der Waals surface area contributed by atoms with E-state index in [0.29, 0.717) is 43.2 Å². The van der Waals surface area contributed by atoms with Crippen LogP contribution < -0.4 is 48.3 Å². The zero-order valence-electron chi connectivity index (χ0n) is 25.5. The number of amides is 2. The van der Waals surface area contributed by atoms with Crippen LogP contribution in [0, 0.1) is 0 Å². The first kappa shape index (κ1) is 33.4. The lowest BCUT2D eigenvalue weighted by Crippen LogP contribution is -2.40. The number of hydrazine groups is 2. The number of nitrogen functional groups attached to an aromatic ring is 1. The minimum atomic E-state index is -1.25. The lowest BCUT2D eigenvalue weighted by Gasteiger charge is -2.16. The van der Waals surface area contributed by atoms with Gasteiger partial charge in [0.2, 0.25) is 0 Å². The van der Waals surface area contributed by atoms with E-state index in [1.54, 1.807) is 6.08 Å². The Morgan fingerprint density at radius 1 is 0.837 bits per heavy atom. The molecule has 3 heterocycles. The Morgan fingerprint density at radius 2 is 1.45 bits per heavy atom. The summed E-state index contributed by atoms with van der Waals surface area (Å²) >= 11 is 0. The van der Waals surface area contributed by atoms with Crippen molar-refractivity contribution in [1.29, 1.82) is 0 Å². The summed E-state index contributed by atoms with van der Waals surface area (Å²) in [5.41, 5.74) is 4.91. The topological polar surface area (TPSA) is 286 Å². The number of aromatic carboxylic acids is 2. The first-order valence-corrected chi connectivity index (χ1v) is 14.5. The summed E-state index contributed by atoms with van der Waals surface area (Å²) in [6.45, 7) is 0.586. The molecule has 2 aromatic carbocycles. The summed E-state index contributed by atoms with van der Waals surface area (Å²) in [7, 11) is 0. The number of benzene rings is 2. The molecule has 3 aromatic rings. The van der Waals surface area contributed by atoms with E-state index in [9.17, 15) is 29.4 Å². The van der Waals surface area contributed by atoms with E-state index in [1.165, 1.54) is 59.7 Å². The normalized spacial score (nSPS) is 13.5. The highest BCUT2D eigenvalue weighted by atomic mass is 16.5. The zero-order valence-corrected chi connectivity index (χ0v) is 25.5. The smallest absolute Gasteiger partial charge is 0.337 e. The molecule has 2 amide bonds. The summed E-state index contributed by atoms with van der Waals surface area (Å²) in [4.78, 5) is 49.8. The number of nitrogens with two attached hydrogens (primary N) is 2. The Hall–Kier alpha value is -6.96. The third-order valence-corrected chi connectivity index (χ3v) is 6.84. The zero-order chi connectivity index (χ0) is 34.9. The number of fused-ring (bicyclic) bond motifs is 1. The van der Waals surface area contributed by atoms with Gasteiger partial charge in [0, 0.05) is 12.1 Å². The van der Waals surface area contributed by atoms with Gasteiger partial charge >= 0.3 is 11.9 Å². The molecule has 10 N–H and O–H groups in total. The number of hydrogen-bond donors (Lipinski definition) is 8. The SMILES string of the molecule is N/N=c1/ccc(C(=O)Nc2cc(OCCCCCOc3ccc(C(=O)O)c(NC(=O)C4=NN5NNN=C5C=C4)c3)ccc2C(=O)O)nn1N. The van der Waals surface area contributed by atoms with Crippen molar-refractivity contribution in [3.63, 3.8) is 0 Å². The molecule has 49 heavy (non-hydrogen) atoms. The van der Waals surface area contributed by atoms with Crippen LogP contribution in [0.5, 0.6) is 11.5 Å². The van der Waals surface area contributed by atoms with Crippen LogP contribution in [0.2, 0.25) is 0 Å². The van der Waals surface area contributed by atoms with Gasteiger partial charge in [-0.25, -0.2) is 15.1 Å². The summed E-state index contributed by atoms with van der Waals surface area (Å²) in [6, 6.07) is 11.1. The predicted octanol–water partition coefficient (Wildman–Crippen LogP) is 0.151. The van der Waals surface area contributed by atoms with Gasteiger partial charge in [-0.2, -0.15) is 15.0 Å². The Labute approximate surface area is 276 Å². The number of nitrogens with zero attached hydrogens (tertiary/aromatic N) is 6. The number of hydrazone groups is 2. The van der Waals surface area contributed by atoms with Crippen LogP contribution in [0.3, 0.4) is 0 Å². The number of aromatic nitrogens is 2. The lowest BCUT2D eigenvalue weighted by molar-refractivity contribution is -0.110. The Bertz CT molecular complexity index is 1960. The molecule has 0 unspecified atom stereocenters. The average molecular weight is 675 g/mol. The number of ether oxygens (including phenoxy) is 2. The van der Waals surface area contributed by atoms with Crippen LogP contribution in [-0.2, 0) is 4.79 Å². The number of carboxylic acid groups (broad SMARTS) is 2. The quantitative estimate of drug-likeness (QED) is 0.0642. The van der Waals surface area contributed by atoms with Gasteiger partial charge in [0.25, 0.3) is 11.8 Å². The molecule has 0 saturated heterocycles. The maximum Gasteiger partial charge on any atom is 0.337 e. The van der Waals surface area contributed by atoms with Crippen LogP contribution in [0.25, 0.3) is 0 Å². The Balaban J connectivity index is 1.10. The first-order chi connectivity index (χ1) is 23.6. The third kappa shape index (κ3) is 8.26. The van der Waals surface area contributed by atoms with Gasteiger partial charge in [-0.1, -0.05) is 0 Å². The predicted molar refractivity (Wildman–Crippen MR) is 172 cm³/mol. The summed E-state index contributed by atoms with van der Waals surface area (Å²) < 4.78 is 11.5. The van der Waals surface area contributed by atoms with Gasteiger partial charge in [0.15, 0.2) is 22.7 Å². The average Bonchev–Trinajstić information content (AvgIpc) is 3.56. The number of amidine groups is 1. The fourth-order valence-electron chi connectivity index (χ4n) is 4.43. The molecule has 1 aromatic heterocycles. The van der Waals surface area contributed by atoms with E-state index >= 15 is 0 Å². The molecular formula is C29H30N12O8. The van der Waals surface area contributed by atoms with E-state index < -0.39 is 23.8 Å². The molecule has 0 fully saturated rings. The maximum atomic E-state index is 12.8. The fraction of sp³-hybridized carbons (Fsp3) is 0.172. The van der Waals surface area contributed by atoms with Crippen molar-refractivity contribution in [2.75, 3.05) is 29.7 Å². The molecule has 5 rings (SSSR count). The van der Waals surface area contributed by atoms with Gasteiger partial charge < -0.3 is 42.0 Å². The molecule has 0 saturated carbocycles. The number of carbonyl (C=O) groups excluding carboxylic acids is 2. The van der Waals surface area contributed by atoms with Crippen molar-refractivity contribution in [2.24, 2.45) is 21.1 Å². The minimum Gasteiger partial charge on any atom is -0.494 e. The van der Waals surface area contributed by atoms with Crippen LogP contribution in [-0.4, -0.2) is 73.7 Å². The van der Waals surface area contributed by atoms with E-state index in [1.807, 2.05) is 0 Å². The molecule has 20 nitrogen and oxygen atoms in total. The van der Waals surface area contributed by atoms with Crippen molar-refractivity contribution in [2.45, 2.75) is 19.3 Å². The van der Waals surface area contributed by atoms with Crippen LogP contribution in [0.4, 0.5) is 11.4 Å². The number of carbonyl (C=O) groups is 4. The lowest BCUT2D eigenvalue weighted by atomic mass is 10.1. The van der Waals surface area contributed by atoms with Gasteiger partial charge in [0.05, 0.1) is 35.7 Å². The highest BCUT2D eigenvalue weighted by molar-refractivity contribution is 6.48. The summed E-state index contributed by atoms with van der Waals surface area (Å²) in [5.74, 6) is 8.14. The standard InChI is InChI=1S/C29H30N12O8/c30-34-24-10-8-20(36-40(24)31)26(42)32-22-14-16(4-6-18(22)28(44)45)48-12-2-1-3-13-49-17-5-7-19(29(46)47)23(15-17)33-27(43)21-9-11-25-35-38-39-41(25)37-21/h4-11,14-15,38-39H,1-3,12-13,30-31H2,(H,32,42)(H,33,43)(H,44,45)(H,46,47)/b34-24-. The molecule has 20 heteroatoms. The number of hydrogen-bond acceptors (Lipinski definition) is 15. The number of anilines is 2. The summed E-state index contributed by atoms with van der Waals surface area (Å²) in [5, 5.41) is 40.8. The minimum absolute atomic E-state index is 0.00137. The van der Waals surface area contributed by atoms with Crippen molar-refractivity contribution in [1.82, 2.24) is 26.1 Å². The highest BCUT2D eigenvalue weighted by Crippen LogP contribution is 2.25. The van der Waals surface area contributed by atoms with E-state index in [2.05, 4.69) is 42.1 Å². The molecule has 254 valence electrons. The van der Waals surface area contributed by atoms with Crippen molar-refractivity contribution in [3.8, 4) is 11.5 Å². The highest BCUT2D eigenvalue weighted by Gasteiger charge is 2.23.